The summed E-state index contributed by atoms with van der Waals surface area (Å²) in [4.78, 5) is 24.6. The maximum atomic E-state index is 12.3. The lowest BCUT2D eigenvalue weighted by Crippen LogP contribution is -2.22. The Morgan fingerprint density at radius 2 is 1.03 bits per heavy atom. The van der Waals surface area contributed by atoms with Crippen molar-refractivity contribution in [2.75, 3.05) is 39.1 Å². The van der Waals surface area contributed by atoms with Gasteiger partial charge in [-0.3, -0.25) is 9.59 Å². The van der Waals surface area contributed by atoms with Crippen LogP contribution in [-0.4, -0.2) is 40.3 Å². The second-order valence-corrected chi connectivity index (χ2v) is 6.46. The molecule has 2 N–H and O–H groups in total. The topological polar surface area (TPSA) is 95.1 Å². The molecule has 2 amide bonds. The van der Waals surface area contributed by atoms with Gasteiger partial charge in [-0.1, -0.05) is 23.2 Å². The van der Waals surface area contributed by atoms with Gasteiger partial charge in [-0.2, -0.15) is 0 Å². The molecule has 2 rings (SSSR count). The monoisotopic (exact) mass is 442 g/mol. The van der Waals surface area contributed by atoms with E-state index in [2.05, 4.69) is 10.6 Å². The van der Waals surface area contributed by atoms with Crippen LogP contribution >= 0.6 is 23.2 Å². The van der Waals surface area contributed by atoms with Crippen LogP contribution in [0.3, 0.4) is 0 Å². The van der Waals surface area contributed by atoms with Gasteiger partial charge in [-0.25, -0.2) is 0 Å². The molecule has 0 aromatic heterocycles. The maximum Gasteiger partial charge on any atom is 0.233 e. The number of nitrogens with one attached hydrogen (secondary N) is 2. The molecule has 0 saturated carbocycles. The summed E-state index contributed by atoms with van der Waals surface area (Å²) in [6, 6.07) is 6.01. The van der Waals surface area contributed by atoms with Crippen LogP contribution in [0.4, 0.5) is 11.4 Å². The number of hydrogen-bond acceptors (Lipinski definition) is 6. The maximum absolute atomic E-state index is 12.3. The number of amides is 2. The normalized spacial score (nSPS) is 10.1. The predicted molar refractivity (Wildman–Crippen MR) is 111 cm³/mol. The van der Waals surface area contributed by atoms with Gasteiger partial charge in [0.2, 0.25) is 11.8 Å². The van der Waals surface area contributed by atoms with Crippen molar-refractivity contribution in [3.8, 4) is 23.0 Å². The lowest BCUT2D eigenvalue weighted by atomic mass is 10.2. The first-order chi connectivity index (χ1) is 13.8. The molecule has 0 heterocycles. The lowest BCUT2D eigenvalue weighted by molar-refractivity contribution is -0.123. The van der Waals surface area contributed by atoms with Crippen LogP contribution in [-0.2, 0) is 9.59 Å². The highest BCUT2D eigenvalue weighted by atomic mass is 35.5. The molecule has 0 bridgehead atoms. The van der Waals surface area contributed by atoms with Crippen molar-refractivity contribution in [1.82, 2.24) is 0 Å². The molecular formula is C19H20Cl2N2O6. The molecular weight excluding hydrogens is 423 g/mol. The molecule has 0 unspecified atom stereocenters. The number of ether oxygens (including phenoxy) is 4. The standard InChI is InChI=1S/C19H20Cl2N2O6/c1-26-14-7-12(16(28-3)5-10(14)20)22-18(24)9-19(25)23-13-8-15(27-2)11(21)6-17(13)29-4/h5-8H,9H2,1-4H3,(H,22,24)(H,23,25). The summed E-state index contributed by atoms with van der Waals surface area (Å²) in [6.45, 7) is 0. The Hall–Kier alpha value is -2.84. The Balaban J connectivity index is 2.12. The SMILES string of the molecule is COc1cc(NC(=O)CC(=O)Nc2cc(OC)c(Cl)cc2OC)c(OC)cc1Cl. The fraction of sp³-hybridized carbons (Fsp3) is 0.263. The number of anilines is 2. The van der Waals surface area contributed by atoms with E-state index in [-0.39, 0.29) is 0 Å². The van der Waals surface area contributed by atoms with Gasteiger partial charge in [0, 0.05) is 24.3 Å². The van der Waals surface area contributed by atoms with Gasteiger partial charge in [-0.05, 0) is 0 Å². The number of carbonyl (C=O) groups excluding carboxylic acids is 2. The smallest absolute Gasteiger partial charge is 0.233 e. The third-order valence-electron chi connectivity index (χ3n) is 3.82. The molecule has 0 spiro atoms. The van der Waals surface area contributed by atoms with Crippen LogP contribution in [0, 0.1) is 0 Å². The van der Waals surface area contributed by atoms with Crippen molar-refractivity contribution in [3.05, 3.63) is 34.3 Å². The van der Waals surface area contributed by atoms with Crippen molar-refractivity contribution < 1.29 is 28.5 Å². The van der Waals surface area contributed by atoms with E-state index in [1.54, 1.807) is 0 Å². The van der Waals surface area contributed by atoms with Gasteiger partial charge in [-0.15, -0.1) is 0 Å². The first-order valence-electron chi connectivity index (χ1n) is 8.25. The summed E-state index contributed by atoms with van der Waals surface area (Å²) in [7, 11) is 5.75. The summed E-state index contributed by atoms with van der Waals surface area (Å²) in [5.74, 6) is 0.230. The van der Waals surface area contributed by atoms with Crippen LogP contribution in [0.25, 0.3) is 0 Å². The first kappa shape index (κ1) is 22.4. The van der Waals surface area contributed by atoms with Gasteiger partial charge in [0.15, 0.2) is 0 Å². The number of benzene rings is 2. The Morgan fingerprint density at radius 3 is 1.34 bits per heavy atom. The first-order valence-corrected chi connectivity index (χ1v) is 9.01. The van der Waals surface area contributed by atoms with Crippen LogP contribution < -0.4 is 29.6 Å². The van der Waals surface area contributed by atoms with Gasteiger partial charge < -0.3 is 29.6 Å². The summed E-state index contributed by atoms with van der Waals surface area (Å²) >= 11 is 12.1. The van der Waals surface area contributed by atoms with Crippen LogP contribution in [0.1, 0.15) is 6.42 Å². The predicted octanol–water partition coefficient (Wildman–Crippen LogP) is 4.00. The van der Waals surface area contributed by atoms with Crippen LogP contribution in [0.5, 0.6) is 23.0 Å². The molecule has 0 aliphatic heterocycles. The minimum Gasteiger partial charge on any atom is -0.495 e. The zero-order chi connectivity index (χ0) is 21.6. The highest BCUT2D eigenvalue weighted by Gasteiger charge is 2.17. The van der Waals surface area contributed by atoms with Gasteiger partial charge in [0.1, 0.15) is 29.4 Å². The van der Waals surface area contributed by atoms with E-state index in [1.165, 1.54) is 52.7 Å². The molecule has 29 heavy (non-hydrogen) atoms. The molecule has 0 aliphatic carbocycles. The average molecular weight is 443 g/mol. The zero-order valence-electron chi connectivity index (χ0n) is 16.2. The van der Waals surface area contributed by atoms with Crippen molar-refractivity contribution in [2.24, 2.45) is 0 Å². The average Bonchev–Trinajstić information content (AvgIpc) is 2.69. The van der Waals surface area contributed by atoms with E-state index in [9.17, 15) is 9.59 Å². The second-order valence-electron chi connectivity index (χ2n) is 5.65. The van der Waals surface area contributed by atoms with Crippen LogP contribution in [0.2, 0.25) is 10.0 Å². The molecule has 10 heteroatoms. The second kappa shape index (κ2) is 10.1. The fourth-order valence-corrected chi connectivity index (χ4v) is 2.91. The summed E-state index contributed by atoms with van der Waals surface area (Å²) < 4.78 is 20.7. The Kier molecular flexibility index (Phi) is 7.81. The van der Waals surface area contributed by atoms with E-state index in [0.29, 0.717) is 44.4 Å². The summed E-state index contributed by atoms with van der Waals surface area (Å²) in [5, 5.41) is 5.85. The molecule has 0 radical (unpaired) electrons. The molecule has 2 aromatic carbocycles. The molecule has 0 aliphatic rings. The lowest BCUT2D eigenvalue weighted by Gasteiger charge is -2.14. The van der Waals surface area contributed by atoms with Crippen molar-refractivity contribution in [2.45, 2.75) is 6.42 Å². The summed E-state index contributed by atoms with van der Waals surface area (Å²) in [5.41, 5.74) is 0.634. The highest BCUT2D eigenvalue weighted by Crippen LogP contribution is 2.37. The van der Waals surface area contributed by atoms with Crippen molar-refractivity contribution in [1.29, 1.82) is 0 Å². The molecule has 156 valence electrons. The van der Waals surface area contributed by atoms with Crippen LogP contribution in [0.15, 0.2) is 24.3 Å². The largest absolute Gasteiger partial charge is 0.495 e. The van der Waals surface area contributed by atoms with E-state index in [1.807, 2.05) is 0 Å². The number of methoxy groups -OCH3 is 4. The van der Waals surface area contributed by atoms with Crippen molar-refractivity contribution >= 4 is 46.4 Å². The van der Waals surface area contributed by atoms with E-state index in [4.69, 9.17) is 42.1 Å². The van der Waals surface area contributed by atoms with Crippen molar-refractivity contribution in [3.63, 3.8) is 0 Å². The van der Waals surface area contributed by atoms with E-state index in [0.717, 1.165) is 0 Å². The minimum atomic E-state index is -0.565. The third-order valence-corrected chi connectivity index (χ3v) is 4.41. The Morgan fingerprint density at radius 1 is 0.690 bits per heavy atom. The van der Waals surface area contributed by atoms with E-state index < -0.39 is 18.2 Å². The minimum absolute atomic E-state index is 0.317. The fourth-order valence-electron chi connectivity index (χ4n) is 2.45. The highest BCUT2D eigenvalue weighted by molar-refractivity contribution is 6.32. The van der Waals surface area contributed by atoms with Gasteiger partial charge >= 0.3 is 0 Å². The third kappa shape index (κ3) is 5.58. The van der Waals surface area contributed by atoms with Gasteiger partial charge in [0.25, 0.3) is 0 Å². The van der Waals surface area contributed by atoms with Gasteiger partial charge in [0.05, 0.1) is 49.9 Å². The number of hydrogen-bond donors (Lipinski definition) is 2. The quantitative estimate of drug-likeness (QED) is 0.599. The Bertz CT molecular complexity index is 847. The molecule has 8 nitrogen and oxygen atoms in total. The Labute approximate surface area is 178 Å². The molecule has 0 saturated heterocycles. The molecule has 2 aromatic rings. The zero-order valence-corrected chi connectivity index (χ0v) is 17.7. The molecule has 0 fully saturated rings. The van der Waals surface area contributed by atoms with E-state index >= 15 is 0 Å². The molecule has 0 atom stereocenters. The summed E-state index contributed by atoms with van der Waals surface area (Å²) in [6.07, 6.45) is -0.456. The number of rotatable bonds is 8. The number of halogens is 2. The number of carbonyl (C=O) groups is 2.